The second kappa shape index (κ2) is 9.13. The lowest BCUT2D eigenvalue weighted by Crippen LogP contribution is -2.29. The predicted octanol–water partition coefficient (Wildman–Crippen LogP) is 5.70. The summed E-state index contributed by atoms with van der Waals surface area (Å²) in [6, 6.07) is 13.2. The normalized spacial score (nSPS) is 20.1. The topological polar surface area (TPSA) is 75.1 Å². The highest BCUT2D eigenvalue weighted by molar-refractivity contribution is 6.11. The molecule has 0 radical (unpaired) electrons. The zero-order valence-corrected chi connectivity index (χ0v) is 18.7. The largest absolute Gasteiger partial charge is 0.417 e. The fourth-order valence-corrected chi connectivity index (χ4v) is 4.61. The first-order valence-electron chi connectivity index (χ1n) is 11.5. The Labute approximate surface area is 195 Å². The smallest absolute Gasteiger partial charge is 0.323 e. The van der Waals surface area contributed by atoms with Crippen LogP contribution in [0, 0.1) is 0 Å². The van der Waals surface area contributed by atoms with Crippen LogP contribution >= 0.6 is 0 Å². The van der Waals surface area contributed by atoms with E-state index in [0.717, 1.165) is 49.4 Å². The number of halogens is 3. The third-order valence-electron chi connectivity index (χ3n) is 6.31. The molecule has 0 aliphatic carbocycles. The molecule has 1 saturated heterocycles. The van der Waals surface area contributed by atoms with Gasteiger partial charge < -0.3 is 10.6 Å². The van der Waals surface area contributed by atoms with E-state index >= 15 is 0 Å². The van der Waals surface area contributed by atoms with Crippen LogP contribution in [0.2, 0.25) is 0 Å². The van der Waals surface area contributed by atoms with Crippen LogP contribution in [0.5, 0.6) is 0 Å². The zero-order valence-electron chi connectivity index (χ0n) is 18.7. The molecule has 2 atom stereocenters. The number of anilines is 1. The fraction of sp³-hybridized carbons (Fsp3) is 0.360. The molecule has 2 N–H and O–H groups in total. The van der Waals surface area contributed by atoms with Crippen LogP contribution in [0.4, 0.5) is 19.0 Å². The minimum absolute atomic E-state index is 0.0233. The number of alkyl halides is 3. The van der Waals surface area contributed by atoms with Gasteiger partial charge in [-0.2, -0.15) is 13.2 Å². The zero-order chi connectivity index (χ0) is 23.7. The Hall–Kier alpha value is -3.33. The lowest BCUT2D eigenvalue weighted by Gasteiger charge is -2.24. The Morgan fingerprint density at radius 1 is 1.00 bits per heavy atom. The SMILES string of the molecule is CCC1N=C(Nc2nc(-c3ccccc3C(F)(F)F)nnc2C2CCCCN2)c2ccccc21. The number of aliphatic imine (C=N–C) groups is 1. The van der Waals surface area contributed by atoms with E-state index < -0.39 is 11.7 Å². The van der Waals surface area contributed by atoms with Crippen LogP contribution in [0.3, 0.4) is 0 Å². The maximum Gasteiger partial charge on any atom is 0.417 e. The van der Waals surface area contributed by atoms with E-state index in [-0.39, 0.29) is 23.5 Å². The summed E-state index contributed by atoms with van der Waals surface area (Å²) in [6.07, 6.45) is -0.746. The first-order valence-corrected chi connectivity index (χ1v) is 11.5. The van der Waals surface area contributed by atoms with Crippen LogP contribution in [0.25, 0.3) is 11.4 Å². The minimum atomic E-state index is -4.53. The van der Waals surface area contributed by atoms with Crippen molar-refractivity contribution < 1.29 is 13.2 Å². The van der Waals surface area contributed by atoms with Crippen LogP contribution < -0.4 is 10.6 Å². The monoisotopic (exact) mass is 466 g/mol. The van der Waals surface area contributed by atoms with Crippen molar-refractivity contribution in [2.75, 3.05) is 11.9 Å². The molecule has 3 heterocycles. The fourth-order valence-electron chi connectivity index (χ4n) is 4.61. The van der Waals surface area contributed by atoms with E-state index in [9.17, 15) is 13.2 Å². The second-order valence-electron chi connectivity index (χ2n) is 8.53. The molecule has 176 valence electrons. The summed E-state index contributed by atoms with van der Waals surface area (Å²) in [5.41, 5.74) is 1.78. The molecule has 6 nitrogen and oxygen atoms in total. The Bertz CT molecular complexity index is 1220. The summed E-state index contributed by atoms with van der Waals surface area (Å²) >= 11 is 0. The number of hydrogen-bond donors (Lipinski definition) is 2. The molecule has 34 heavy (non-hydrogen) atoms. The summed E-state index contributed by atoms with van der Waals surface area (Å²) in [5, 5.41) is 15.3. The van der Waals surface area contributed by atoms with Crippen molar-refractivity contribution >= 4 is 11.7 Å². The molecule has 1 fully saturated rings. The van der Waals surface area contributed by atoms with E-state index in [1.165, 1.54) is 12.1 Å². The minimum Gasteiger partial charge on any atom is -0.323 e. The molecular weight excluding hydrogens is 441 g/mol. The van der Waals surface area contributed by atoms with Gasteiger partial charge in [-0.15, -0.1) is 10.2 Å². The molecule has 9 heteroatoms. The highest BCUT2D eigenvalue weighted by atomic mass is 19.4. The summed E-state index contributed by atoms with van der Waals surface area (Å²) in [6.45, 7) is 2.91. The Kier molecular flexibility index (Phi) is 6.03. The lowest BCUT2D eigenvalue weighted by atomic mass is 10.0. The first-order chi connectivity index (χ1) is 16.5. The molecule has 2 aromatic carbocycles. The molecule has 1 aromatic heterocycles. The van der Waals surface area contributed by atoms with Gasteiger partial charge in [-0.1, -0.05) is 55.8 Å². The molecule has 3 aromatic rings. The quantitative estimate of drug-likeness (QED) is 0.516. The van der Waals surface area contributed by atoms with Crippen molar-refractivity contribution in [1.82, 2.24) is 20.5 Å². The standard InChI is InChI=1S/C25H25F3N6/c1-2-19-15-9-3-4-10-16(15)22(30-19)31-24-21(20-13-7-8-14-29-20)33-34-23(32-24)17-11-5-6-12-18(17)25(26,27)28/h3-6,9-12,19-20,29H,2,7-8,13-14H2,1H3,(H,30,31,32,34). The number of fused-ring (bicyclic) bond motifs is 1. The first kappa shape index (κ1) is 22.5. The number of rotatable bonds is 4. The maximum atomic E-state index is 13.7. The van der Waals surface area contributed by atoms with E-state index in [0.29, 0.717) is 17.3 Å². The summed E-state index contributed by atoms with van der Waals surface area (Å²) in [5.74, 6) is 0.954. The second-order valence-corrected chi connectivity index (χ2v) is 8.53. The van der Waals surface area contributed by atoms with Crippen molar-refractivity contribution in [3.63, 3.8) is 0 Å². The van der Waals surface area contributed by atoms with Gasteiger partial charge in [-0.25, -0.2) is 4.98 Å². The van der Waals surface area contributed by atoms with Gasteiger partial charge in [-0.3, -0.25) is 4.99 Å². The summed E-state index contributed by atoms with van der Waals surface area (Å²) in [4.78, 5) is 9.41. The van der Waals surface area contributed by atoms with Gasteiger partial charge in [0.2, 0.25) is 0 Å². The number of hydrogen-bond acceptors (Lipinski definition) is 6. The summed E-state index contributed by atoms with van der Waals surface area (Å²) in [7, 11) is 0. The van der Waals surface area contributed by atoms with Gasteiger partial charge in [0.05, 0.1) is 17.6 Å². The van der Waals surface area contributed by atoms with Crippen molar-refractivity contribution in [1.29, 1.82) is 0 Å². The van der Waals surface area contributed by atoms with Crippen LogP contribution in [-0.2, 0) is 6.18 Å². The van der Waals surface area contributed by atoms with Gasteiger partial charge in [0.1, 0.15) is 11.5 Å². The van der Waals surface area contributed by atoms with Gasteiger partial charge in [0.15, 0.2) is 11.6 Å². The van der Waals surface area contributed by atoms with Crippen LogP contribution in [0.15, 0.2) is 53.5 Å². The number of nitrogens with zero attached hydrogens (tertiary/aromatic N) is 4. The lowest BCUT2D eigenvalue weighted by molar-refractivity contribution is -0.137. The van der Waals surface area contributed by atoms with Gasteiger partial charge >= 0.3 is 6.18 Å². The van der Waals surface area contributed by atoms with Crippen molar-refractivity contribution in [2.24, 2.45) is 4.99 Å². The van der Waals surface area contributed by atoms with Crippen LogP contribution in [-0.4, -0.2) is 27.6 Å². The van der Waals surface area contributed by atoms with Gasteiger partial charge in [0.25, 0.3) is 0 Å². The summed E-state index contributed by atoms with van der Waals surface area (Å²) < 4.78 is 41.0. The Morgan fingerprint density at radius 3 is 2.50 bits per heavy atom. The molecule has 5 rings (SSSR count). The molecular formula is C25H25F3N6. The number of nitrogens with one attached hydrogen (secondary N) is 2. The van der Waals surface area contributed by atoms with E-state index in [2.05, 4.69) is 38.8 Å². The van der Waals surface area contributed by atoms with Crippen molar-refractivity contribution in [3.05, 3.63) is 70.9 Å². The number of benzene rings is 2. The van der Waals surface area contributed by atoms with Crippen LogP contribution in [0.1, 0.15) is 67.1 Å². The molecule has 2 aliphatic heterocycles. The average molecular weight is 467 g/mol. The number of aromatic nitrogens is 3. The van der Waals surface area contributed by atoms with Gasteiger partial charge in [-0.05, 0) is 37.4 Å². The predicted molar refractivity (Wildman–Crippen MR) is 124 cm³/mol. The average Bonchev–Trinajstić information content (AvgIpc) is 3.21. The van der Waals surface area contributed by atoms with Crippen molar-refractivity contribution in [3.8, 4) is 11.4 Å². The van der Waals surface area contributed by atoms with E-state index in [4.69, 9.17) is 4.99 Å². The maximum absolute atomic E-state index is 13.7. The molecule has 0 amide bonds. The van der Waals surface area contributed by atoms with Gasteiger partial charge in [0, 0.05) is 11.1 Å². The highest BCUT2D eigenvalue weighted by Crippen LogP contribution is 2.37. The van der Waals surface area contributed by atoms with Crippen molar-refractivity contribution in [2.45, 2.75) is 50.9 Å². The highest BCUT2D eigenvalue weighted by Gasteiger charge is 2.35. The number of amidine groups is 1. The molecule has 0 spiro atoms. The third-order valence-corrected chi connectivity index (χ3v) is 6.31. The number of piperidine rings is 1. The molecule has 2 unspecified atom stereocenters. The molecule has 0 saturated carbocycles. The van der Waals surface area contributed by atoms with E-state index in [1.807, 2.05) is 18.2 Å². The third kappa shape index (κ3) is 4.27. The Balaban J connectivity index is 1.59. The Morgan fingerprint density at radius 2 is 1.76 bits per heavy atom. The molecule has 0 bridgehead atoms. The van der Waals surface area contributed by atoms with E-state index in [1.54, 1.807) is 6.07 Å². The molecule has 2 aliphatic rings.